The van der Waals surface area contributed by atoms with Gasteiger partial charge in [0, 0.05) is 62.1 Å². The van der Waals surface area contributed by atoms with E-state index < -0.39 is 11.7 Å². The highest BCUT2D eigenvalue weighted by atomic mass is 19.4. The lowest BCUT2D eigenvalue weighted by molar-refractivity contribution is -0.137. The van der Waals surface area contributed by atoms with Crippen LogP contribution in [0.3, 0.4) is 0 Å². The van der Waals surface area contributed by atoms with Crippen LogP contribution in [-0.2, 0) is 18.0 Å². The quantitative estimate of drug-likeness (QED) is 0.315. The van der Waals surface area contributed by atoms with Crippen LogP contribution < -0.4 is 15.5 Å². The van der Waals surface area contributed by atoms with Crippen molar-refractivity contribution in [2.45, 2.75) is 32.5 Å². The maximum absolute atomic E-state index is 14.1. The number of benzene rings is 2. The van der Waals surface area contributed by atoms with Crippen LogP contribution >= 0.6 is 0 Å². The van der Waals surface area contributed by atoms with E-state index in [0.29, 0.717) is 28.4 Å². The van der Waals surface area contributed by atoms with Crippen molar-refractivity contribution in [3.8, 4) is 11.3 Å². The molecule has 210 valence electrons. The van der Waals surface area contributed by atoms with Gasteiger partial charge in [-0.3, -0.25) is 4.79 Å². The van der Waals surface area contributed by atoms with Crippen molar-refractivity contribution in [2.75, 3.05) is 42.7 Å². The van der Waals surface area contributed by atoms with Gasteiger partial charge >= 0.3 is 6.18 Å². The smallest absolute Gasteiger partial charge is 0.368 e. The van der Waals surface area contributed by atoms with Gasteiger partial charge in [-0.2, -0.15) is 13.2 Å². The maximum atomic E-state index is 14.1. The number of nitrogens with one attached hydrogen (secondary N) is 2. The van der Waals surface area contributed by atoms with Crippen molar-refractivity contribution in [3.05, 3.63) is 59.9 Å². The van der Waals surface area contributed by atoms with Gasteiger partial charge in [-0.15, -0.1) is 0 Å². The van der Waals surface area contributed by atoms with Crippen LogP contribution in [0.25, 0.3) is 22.2 Å². The molecule has 4 aromatic rings. The molecule has 0 unspecified atom stereocenters. The molecule has 2 aromatic heterocycles. The molecule has 2 N–H and O–H groups in total. The molecular formula is C29H32F3N7O. The van der Waals surface area contributed by atoms with E-state index in [0.717, 1.165) is 42.5 Å². The first kappa shape index (κ1) is 27.4. The topological polar surface area (TPSA) is 78.3 Å². The number of anilines is 4. The molecule has 40 heavy (non-hydrogen) atoms. The Hall–Kier alpha value is -4.12. The van der Waals surface area contributed by atoms with Gasteiger partial charge in [-0.1, -0.05) is 18.2 Å². The number of hydrogen-bond donors (Lipinski definition) is 2. The Bertz CT molecular complexity index is 1580. The molecule has 3 heterocycles. The molecule has 0 spiro atoms. The minimum Gasteiger partial charge on any atom is -0.368 e. The summed E-state index contributed by atoms with van der Waals surface area (Å²) >= 11 is 0. The van der Waals surface area contributed by atoms with E-state index in [1.165, 1.54) is 6.92 Å². The third kappa shape index (κ3) is 5.33. The van der Waals surface area contributed by atoms with Crippen molar-refractivity contribution in [1.29, 1.82) is 0 Å². The summed E-state index contributed by atoms with van der Waals surface area (Å²) in [7, 11) is 5.90. The standard InChI is InChI=1S/C29H32F3N7O/c1-17-7-6-8-21-22(16-38(5)27(17)21)26-23(29(30,31)32)14-33-28(36-26)35-19-9-10-25(24(13-19)34-18(2)40)39-12-11-20(15-39)37(3)4/h6-10,13-14,16,20H,11-12,15H2,1-5H3,(H,34,40)(H,33,35,36)/t20-/m0/s1. The molecule has 2 aromatic carbocycles. The first-order chi connectivity index (χ1) is 18.9. The molecule has 5 rings (SSSR count). The minimum absolute atomic E-state index is 0.0167. The van der Waals surface area contributed by atoms with E-state index in [-0.39, 0.29) is 17.5 Å². The van der Waals surface area contributed by atoms with Gasteiger partial charge in [0.25, 0.3) is 0 Å². The van der Waals surface area contributed by atoms with E-state index >= 15 is 0 Å². The lowest BCUT2D eigenvalue weighted by Gasteiger charge is -2.24. The third-order valence-corrected chi connectivity index (χ3v) is 7.35. The van der Waals surface area contributed by atoms with Gasteiger partial charge in [-0.05, 0) is 51.2 Å². The van der Waals surface area contributed by atoms with Gasteiger partial charge in [0.1, 0.15) is 5.56 Å². The summed E-state index contributed by atoms with van der Waals surface area (Å²) in [4.78, 5) is 24.8. The Labute approximate surface area is 230 Å². The normalized spacial score (nSPS) is 15.7. The van der Waals surface area contributed by atoms with Crippen LogP contribution in [-0.4, -0.2) is 58.6 Å². The van der Waals surface area contributed by atoms with Crippen LogP contribution in [0.1, 0.15) is 24.5 Å². The number of fused-ring (bicyclic) bond motifs is 1. The molecule has 1 atom stereocenters. The SMILES string of the molecule is CC(=O)Nc1cc(Nc2ncc(C(F)(F)F)c(-c3cn(C)c4c(C)cccc34)n2)ccc1N1CC[C@H](N(C)C)C1. The lowest BCUT2D eigenvalue weighted by Crippen LogP contribution is -2.31. The van der Waals surface area contributed by atoms with E-state index in [2.05, 4.69) is 30.4 Å². The van der Waals surface area contributed by atoms with Crippen LogP contribution in [0.4, 0.5) is 36.2 Å². The zero-order valence-electron chi connectivity index (χ0n) is 23.1. The Balaban J connectivity index is 1.53. The predicted octanol–water partition coefficient (Wildman–Crippen LogP) is 5.80. The molecule has 1 amide bonds. The Morgan fingerprint density at radius 1 is 1.18 bits per heavy atom. The van der Waals surface area contributed by atoms with E-state index in [1.54, 1.807) is 25.4 Å². The molecule has 0 saturated carbocycles. The average molecular weight is 552 g/mol. The fraction of sp³-hybridized carbons (Fsp3) is 0.345. The summed E-state index contributed by atoms with van der Waals surface area (Å²) in [6.07, 6.45) is -1.16. The zero-order chi connectivity index (χ0) is 28.8. The number of nitrogens with zero attached hydrogens (tertiary/aromatic N) is 5. The van der Waals surface area contributed by atoms with E-state index in [1.807, 2.05) is 49.9 Å². The van der Waals surface area contributed by atoms with Crippen LogP contribution in [0.15, 0.2) is 48.8 Å². The van der Waals surface area contributed by atoms with Gasteiger partial charge in [0.2, 0.25) is 11.9 Å². The second-order valence-corrected chi connectivity index (χ2v) is 10.5. The maximum Gasteiger partial charge on any atom is 0.419 e. The number of amides is 1. The van der Waals surface area contributed by atoms with Crippen molar-refractivity contribution >= 4 is 39.8 Å². The first-order valence-corrected chi connectivity index (χ1v) is 13.0. The summed E-state index contributed by atoms with van der Waals surface area (Å²) in [5.41, 5.74) is 3.07. The zero-order valence-corrected chi connectivity index (χ0v) is 23.1. The highest BCUT2D eigenvalue weighted by Crippen LogP contribution is 2.40. The predicted molar refractivity (Wildman–Crippen MR) is 152 cm³/mol. The second kappa shape index (κ2) is 10.5. The summed E-state index contributed by atoms with van der Waals surface area (Å²) < 4.78 is 44.0. The number of hydrogen-bond acceptors (Lipinski definition) is 6. The van der Waals surface area contributed by atoms with Crippen molar-refractivity contribution in [3.63, 3.8) is 0 Å². The van der Waals surface area contributed by atoms with Crippen LogP contribution in [0, 0.1) is 6.92 Å². The van der Waals surface area contributed by atoms with Gasteiger partial charge in [0.05, 0.1) is 22.6 Å². The van der Waals surface area contributed by atoms with Crippen molar-refractivity contribution in [1.82, 2.24) is 19.4 Å². The summed E-state index contributed by atoms with van der Waals surface area (Å²) in [6.45, 7) is 5.02. The number of rotatable bonds is 6. The van der Waals surface area contributed by atoms with Crippen molar-refractivity contribution in [2.24, 2.45) is 7.05 Å². The molecular weight excluding hydrogens is 519 g/mol. The average Bonchev–Trinajstić information content (AvgIpc) is 3.49. The summed E-state index contributed by atoms with van der Waals surface area (Å²) in [5.74, 6) is -0.205. The Morgan fingerprint density at radius 3 is 2.62 bits per heavy atom. The van der Waals surface area contributed by atoms with Gasteiger partial charge in [0.15, 0.2) is 0 Å². The minimum atomic E-state index is -4.64. The fourth-order valence-corrected chi connectivity index (χ4v) is 5.41. The molecule has 1 aliphatic rings. The first-order valence-electron chi connectivity index (χ1n) is 13.0. The highest BCUT2D eigenvalue weighted by molar-refractivity contribution is 5.98. The molecule has 0 bridgehead atoms. The monoisotopic (exact) mass is 551 g/mol. The summed E-state index contributed by atoms with van der Waals surface area (Å²) in [6, 6.07) is 11.4. The molecule has 11 heteroatoms. The number of carbonyl (C=O) groups excluding carboxylic acids is 1. The molecule has 0 radical (unpaired) electrons. The third-order valence-electron chi connectivity index (χ3n) is 7.35. The number of para-hydroxylation sites is 1. The highest BCUT2D eigenvalue weighted by Gasteiger charge is 2.36. The number of alkyl halides is 3. The van der Waals surface area contributed by atoms with Crippen molar-refractivity contribution < 1.29 is 18.0 Å². The fourth-order valence-electron chi connectivity index (χ4n) is 5.41. The summed E-state index contributed by atoms with van der Waals surface area (Å²) in [5, 5.41) is 6.61. The number of aromatic nitrogens is 3. The molecule has 8 nitrogen and oxygen atoms in total. The van der Waals surface area contributed by atoms with E-state index in [9.17, 15) is 18.0 Å². The Morgan fingerprint density at radius 2 is 1.95 bits per heavy atom. The molecule has 1 saturated heterocycles. The Kier molecular flexibility index (Phi) is 7.17. The number of carbonyl (C=O) groups is 1. The second-order valence-electron chi connectivity index (χ2n) is 10.5. The molecule has 0 aliphatic carbocycles. The lowest BCUT2D eigenvalue weighted by atomic mass is 10.0. The molecule has 1 fully saturated rings. The van der Waals surface area contributed by atoms with Gasteiger partial charge < -0.3 is 25.0 Å². The molecule has 1 aliphatic heterocycles. The number of halogens is 3. The number of likely N-dealkylation sites (N-methyl/N-ethyl adjacent to an activating group) is 1. The van der Waals surface area contributed by atoms with E-state index in [4.69, 9.17) is 0 Å². The largest absolute Gasteiger partial charge is 0.419 e. The van der Waals surface area contributed by atoms with Crippen LogP contribution in [0.5, 0.6) is 0 Å². The van der Waals surface area contributed by atoms with Gasteiger partial charge in [-0.25, -0.2) is 9.97 Å². The number of aryl methyl sites for hydroxylation is 2. The van der Waals surface area contributed by atoms with Crippen LogP contribution in [0.2, 0.25) is 0 Å².